The normalized spacial score (nSPS) is 10.2. The lowest BCUT2D eigenvalue weighted by Gasteiger charge is -2.13. The molecule has 0 aromatic heterocycles. The third-order valence-electron chi connectivity index (χ3n) is 2.96. The van der Waals surface area contributed by atoms with Crippen molar-refractivity contribution in [1.82, 2.24) is 0 Å². The quantitative estimate of drug-likeness (QED) is 0.808. The first-order valence-corrected chi connectivity index (χ1v) is 5.88. The molecule has 0 fully saturated rings. The molecule has 0 spiro atoms. The number of ether oxygens (including phenoxy) is 1. The number of benzene rings is 2. The van der Waals surface area contributed by atoms with Crippen LogP contribution in [0.4, 0.5) is 17.1 Å². The minimum atomic E-state index is 0.759. The number of nitrogen functional groups attached to an aromatic ring is 1. The average molecular weight is 242 g/mol. The fourth-order valence-corrected chi connectivity index (χ4v) is 1.82. The van der Waals surface area contributed by atoms with Crippen LogP contribution in [0.15, 0.2) is 36.4 Å². The number of hydrogen-bond donors (Lipinski definition) is 2. The standard InChI is InChI=1S/C15H18N2O/c1-10-4-5-12(16)9-15(10)17-14-7-6-13(18-3)8-11(14)2/h4-9,17H,16H2,1-3H3. The Hall–Kier alpha value is -2.16. The zero-order chi connectivity index (χ0) is 13.1. The van der Waals surface area contributed by atoms with Gasteiger partial charge in [0.2, 0.25) is 0 Å². The topological polar surface area (TPSA) is 47.3 Å². The van der Waals surface area contributed by atoms with Crippen molar-refractivity contribution in [3.05, 3.63) is 47.5 Å². The Labute approximate surface area is 108 Å². The summed E-state index contributed by atoms with van der Waals surface area (Å²) >= 11 is 0. The van der Waals surface area contributed by atoms with Gasteiger partial charge in [0.1, 0.15) is 5.75 Å². The van der Waals surface area contributed by atoms with Crippen LogP contribution >= 0.6 is 0 Å². The van der Waals surface area contributed by atoms with Crippen molar-refractivity contribution in [3.63, 3.8) is 0 Å². The molecule has 0 bridgehead atoms. The summed E-state index contributed by atoms with van der Waals surface area (Å²) in [5, 5.41) is 3.40. The summed E-state index contributed by atoms with van der Waals surface area (Å²) in [6.45, 7) is 4.10. The van der Waals surface area contributed by atoms with E-state index in [4.69, 9.17) is 10.5 Å². The summed E-state index contributed by atoms with van der Waals surface area (Å²) in [7, 11) is 1.67. The van der Waals surface area contributed by atoms with Gasteiger partial charge in [-0.15, -0.1) is 0 Å². The zero-order valence-corrected chi connectivity index (χ0v) is 10.9. The Morgan fingerprint density at radius 2 is 1.72 bits per heavy atom. The van der Waals surface area contributed by atoms with Crippen molar-refractivity contribution in [2.75, 3.05) is 18.2 Å². The van der Waals surface area contributed by atoms with Crippen molar-refractivity contribution >= 4 is 17.1 Å². The lowest BCUT2D eigenvalue weighted by atomic mass is 10.1. The maximum Gasteiger partial charge on any atom is 0.119 e. The first kappa shape index (κ1) is 12.3. The number of anilines is 3. The van der Waals surface area contributed by atoms with E-state index in [1.165, 1.54) is 5.56 Å². The molecule has 0 amide bonds. The lowest BCUT2D eigenvalue weighted by Crippen LogP contribution is -1.97. The van der Waals surface area contributed by atoms with Crippen LogP contribution < -0.4 is 15.8 Å². The van der Waals surface area contributed by atoms with Gasteiger partial charge in [-0.2, -0.15) is 0 Å². The third-order valence-corrected chi connectivity index (χ3v) is 2.96. The highest BCUT2D eigenvalue weighted by Crippen LogP contribution is 2.27. The van der Waals surface area contributed by atoms with E-state index in [1.807, 2.05) is 43.3 Å². The van der Waals surface area contributed by atoms with Crippen LogP contribution in [0.3, 0.4) is 0 Å². The summed E-state index contributed by atoms with van der Waals surface area (Å²) in [6, 6.07) is 11.8. The molecule has 0 aliphatic heterocycles. The largest absolute Gasteiger partial charge is 0.497 e. The monoisotopic (exact) mass is 242 g/mol. The molecule has 18 heavy (non-hydrogen) atoms. The van der Waals surface area contributed by atoms with Gasteiger partial charge in [-0.25, -0.2) is 0 Å². The number of rotatable bonds is 3. The van der Waals surface area contributed by atoms with Gasteiger partial charge in [0, 0.05) is 17.1 Å². The zero-order valence-electron chi connectivity index (χ0n) is 10.9. The van der Waals surface area contributed by atoms with E-state index >= 15 is 0 Å². The molecule has 3 nitrogen and oxygen atoms in total. The molecule has 0 atom stereocenters. The predicted molar refractivity (Wildman–Crippen MR) is 76.6 cm³/mol. The second kappa shape index (κ2) is 5.00. The van der Waals surface area contributed by atoms with E-state index in [-0.39, 0.29) is 0 Å². The van der Waals surface area contributed by atoms with E-state index in [2.05, 4.69) is 12.2 Å². The molecule has 2 aromatic carbocycles. The highest BCUT2D eigenvalue weighted by molar-refractivity contribution is 5.69. The number of nitrogens with one attached hydrogen (secondary N) is 1. The SMILES string of the molecule is COc1ccc(Nc2cc(N)ccc2C)c(C)c1. The predicted octanol–water partition coefficient (Wildman–Crippen LogP) is 3.64. The Balaban J connectivity index is 2.31. The Morgan fingerprint density at radius 3 is 2.39 bits per heavy atom. The van der Waals surface area contributed by atoms with Crippen molar-refractivity contribution < 1.29 is 4.74 Å². The third kappa shape index (κ3) is 2.56. The molecule has 0 radical (unpaired) electrons. The van der Waals surface area contributed by atoms with Gasteiger partial charge in [-0.05, 0) is 55.3 Å². The number of nitrogens with two attached hydrogens (primary N) is 1. The molecule has 0 saturated carbocycles. The maximum absolute atomic E-state index is 5.80. The lowest BCUT2D eigenvalue weighted by molar-refractivity contribution is 0.414. The Bertz CT molecular complexity index is 564. The van der Waals surface area contributed by atoms with Gasteiger partial charge in [0.25, 0.3) is 0 Å². The molecule has 0 heterocycles. The second-order valence-electron chi connectivity index (χ2n) is 4.38. The highest BCUT2D eigenvalue weighted by atomic mass is 16.5. The van der Waals surface area contributed by atoms with Crippen LogP contribution in [-0.4, -0.2) is 7.11 Å². The molecule has 3 N–H and O–H groups in total. The van der Waals surface area contributed by atoms with Gasteiger partial charge in [-0.1, -0.05) is 6.07 Å². The second-order valence-corrected chi connectivity index (χ2v) is 4.38. The highest BCUT2D eigenvalue weighted by Gasteiger charge is 2.03. The summed E-state index contributed by atoms with van der Waals surface area (Å²) < 4.78 is 5.20. The van der Waals surface area contributed by atoms with E-state index in [0.29, 0.717) is 0 Å². The van der Waals surface area contributed by atoms with Gasteiger partial charge in [-0.3, -0.25) is 0 Å². The minimum absolute atomic E-state index is 0.759. The average Bonchev–Trinajstić information content (AvgIpc) is 2.36. The fourth-order valence-electron chi connectivity index (χ4n) is 1.82. The number of hydrogen-bond acceptors (Lipinski definition) is 3. The number of methoxy groups -OCH3 is 1. The first-order chi connectivity index (χ1) is 8.60. The molecular formula is C15H18N2O. The molecule has 0 aliphatic carbocycles. The molecular weight excluding hydrogens is 224 g/mol. The van der Waals surface area contributed by atoms with Crippen molar-refractivity contribution in [2.45, 2.75) is 13.8 Å². The molecule has 2 aromatic rings. The molecule has 0 saturated heterocycles. The Morgan fingerprint density at radius 1 is 0.944 bits per heavy atom. The van der Waals surface area contributed by atoms with Crippen molar-refractivity contribution in [1.29, 1.82) is 0 Å². The summed E-state index contributed by atoms with van der Waals surface area (Å²) in [5.74, 6) is 0.863. The smallest absolute Gasteiger partial charge is 0.119 e. The van der Waals surface area contributed by atoms with Crippen LogP contribution in [0.5, 0.6) is 5.75 Å². The number of aryl methyl sites for hydroxylation is 2. The van der Waals surface area contributed by atoms with Crippen LogP contribution in [0.1, 0.15) is 11.1 Å². The summed E-state index contributed by atoms with van der Waals surface area (Å²) in [5.41, 5.74) is 11.0. The molecule has 2 rings (SSSR count). The summed E-state index contributed by atoms with van der Waals surface area (Å²) in [4.78, 5) is 0. The van der Waals surface area contributed by atoms with E-state index in [0.717, 1.165) is 28.4 Å². The van der Waals surface area contributed by atoms with E-state index < -0.39 is 0 Å². The molecule has 3 heteroatoms. The van der Waals surface area contributed by atoms with Crippen LogP contribution in [0.2, 0.25) is 0 Å². The van der Waals surface area contributed by atoms with E-state index in [9.17, 15) is 0 Å². The first-order valence-electron chi connectivity index (χ1n) is 5.88. The summed E-state index contributed by atoms with van der Waals surface area (Å²) in [6.07, 6.45) is 0. The fraction of sp³-hybridized carbons (Fsp3) is 0.200. The van der Waals surface area contributed by atoms with Crippen LogP contribution in [0, 0.1) is 13.8 Å². The van der Waals surface area contributed by atoms with Crippen molar-refractivity contribution in [3.8, 4) is 5.75 Å². The molecule has 0 unspecified atom stereocenters. The van der Waals surface area contributed by atoms with Gasteiger partial charge in [0.15, 0.2) is 0 Å². The molecule has 0 aliphatic rings. The van der Waals surface area contributed by atoms with Gasteiger partial charge in [0.05, 0.1) is 7.11 Å². The van der Waals surface area contributed by atoms with E-state index in [1.54, 1.807) is 7.11 Å². The van der Waals surface area contributed by atoms with Gasteiger partial charge < -0.3 is 15.8 Å². The van der Waals surface area contributed by atoms with Gasteiger partial charge >= 0.3 is 0 Å². The maximum atomic E-state index is 5.80. The minimum Gasteiger partial charge on any atom is -0.497 e. The Kier molecular flexibility index (Phi) is 3.42. The van der Waals surface area contributed by atoms with Crippen LogP contribution in [0.25, 0.3) is 0 Å². The molecule has 94 valence electrons. The van der Waals surface area contributed by atoms with Crippen molar-refractivity contribution in [2.24, 2.45) is 0 Å². The van der Waals surface area contributed by atoms with Crippen LogP contribution in [-0.2, 0) is 0 Å².